The largest absolute Gasteiger partial charge is 0.491 e. The predicted molar refractivity (Wildman–Crippen MR) is 90.5 cm³/mol. The van der Waals surface area contributed by atoms with E-state index in [0.29, 0.717) is 19.0 Å². The number of piperidine rings is 1. The summed E-state index contributed by atoms with van der Waals surface area (Å²) in [5, 5.41) is 12.2. The average molecular weight is 320 g/mol. The number of nitrogens with one attached hydrogen (secondary N) is 1. The molecule has 2 amide bonds. The Morgan fingerprint density at radius 3 is 2.39 bits per heavy atom. The number of hydrogen-bond donors (Lipinski definition) is 2. The minimum absolute atomic E-state index is 0.0311. The molecule has 0 spiro atoms. The fourth-order valence-electron chi connectivity index (χ4n) is 2.79. The second-order valence-corrected chi connectivity index (χ2v) is 6.52. The van der Waals surface area contributed by atoms with Crippen LogP contribution in [-0.2, 0) is 0 Å². The zero-order valence-electron chi connectivity index (χ0n) is 14.3. The van der Waals surface area contributed by atoms with E-state index in [1.807, 2.05) is 49.9 Å². The molecule has 1 aliphatic heterocycles. The molecule has 1 atom stereocenters. The highest BCUT2D eigenvalue weighted by Gasteiger charge is 2.23. The van der Waals surface area contributed by atoms with E-state index in [4.69, 9.17) is 9.84 Å². The molecule has 2 rings (SSSR count). The Kier molecular flexibility index (Phi) is 6.28. The van der Waals surface area contributed by atoms with Crippen LogP contribution in [0.2, 0.25) is 0 Å². The molecule has 1 fully saturated rings. The van der Waals surface area contributed by atoms with E-state index in [-0.39, 0.29) is 24.8 Å². The second-order valence-electron chi connectivity index (χ2n) is 6.52. The number of carbonyl (C=O) groups is 1. The average Bonchev–Trinajstić information content (AvgIpc) is 2.55. The van der Waals surface area contributed by atoms with Crippen LogP contribution < -0.4 is 10.1 Å². The minimum Gasteiger partial charge on any atom is -0.491 e. The molecule has 0 bridgehead atoms. The van der Waals surface area contributed by atoms with E-state index in [1.54, 1.807) is 0 Å². The number of rotatable bonds is 5. The van der Waals surface area contributed by atoms with E-state index in [9.17, 15) is 4.79 Å². The number of aliphatic hydroxyl groups excluding tert-OH is 1. The predicted octanol–water partition coefficient (Wildman–Crippen LogP) is 2.95. The number of hydrogen-bond acceptors (Lipinski definition) is 3. The van der Waals surface area contributed by atoms with Gasteiger partial charge in [-0.25, -0.2) is 4.79 Å². The van der Waals surface area contributed by atoms with Crippen molar-refractivity contribution in [1.82, 2.24) is 10.2 Å². The van der Waals surface area contributed by atoms with Crippen molar-refractivity contribution in [1.29, 1.82) is 0 Å². The minimum atomic E-state index is -0.0498. The van der Waals surface area contributed by atoms with Gasteiger partial charge in [0.2, 0.25) is 0 Å². The summed E-state index contributed by atoms with van der Waals surface area (Å²) >= 11 is 0. The van der Waals surface area contributed by atoms with Gasteiger partial charge < -0.3 is 20.1 Å². The molecule has 128 valence electrons. The van der Waals surface area contributed by atoms with Gasteiger partial charge in [0.1, 0.15) is 5.75 Å². The van der Waals surface area contributed by atoms with Crippen molar-refractivity contribution < 1.29 is 14.6 Å². The Hall–Kier alpha value is -1.75. The van der Waals surface area contributed by atoms with Crippen molar-refractivity contribution in [3.8, 4) is 5.75 Å². The van der Waals surface area contributed by atoms with Crippen LogP contribution in [0.3, 0.4) is 0 Å². The van der Waals surface area contributed by atoms with Gasteiger partial charge in [-0.15, -0.1) is 0 Å². The molecule has 23 heavy (non-hydrogen) atoms. The van der Waals surface area contributed by atoms with E-state index in [1.165, 1.54) is 0 Å². The van der Waals surface area contributed by atoms with Crippen LogP contribution in [0.1, 0.15) is 45.2 Å². The maximum atomic E-state index is 12.3. The molecule has 0 aromatic heterocycles. The Balaban J connectivity index is 1.86. The monoisotopic (exact) mass is 320 g/mol. The van der Waals surface area contributed by atoms with Gasteiger partial charge in [-0.2, -0.15) is 0 Å². The number of urea groups is 1. The lowest BCUT2D eigenvalue weighted by atomic mass is 9.98. The molecule has 1 heterocycles. The van der Waals surface area contributed by atoms with Gasteiger partial charge in [0.25, 0.3) is 0 Å². The third-order valence-electron chi connectivity index (χ3n) is 4.25. The molecule has 1 aromatic carbocycles. The Bertz CT molecular complexity index is 493. The lowest BCUT2D eigenvalue weighted by Gasteiger charge is -2.32. The maximum Gasteiger partial charge on any atom is 0.317 e. The van der Waals surface area contributed by atoms with Crippen LogP contribution in [0.15, 0.2) is 24.3 Å². The highest BCUT2D eigenvalue weighted by atomic mass is 16.5. The molecular formula is C18H28N2O3. The zero-order chi connectivity index (χ0) is 16.8. The van der Waals surface area contributed by atoms with Crippen LogP contribution in [-0.4, -0.2) is 41.8 Å². The van der Waals surface area contributed by atoms with Crippen molar-refractivity contribution in [3.63, 3.8) is 0 Å². The van der Waals surface area contributed by atoms with Crippen molar-refractivity contribution in [2.45, 2.75) is 45.8 Å². The van der Waals surface area contributed by atoms with Crippen LogP contribution >= 0.6 is 0 Å². The summed E-state index contributed by atoms with van der Waals surface area (Å²) in [6, 6.07) is 7.76. The molecule has 1 saturated heterocycles. The van der Waals surface area contributed by atoms with Crippen LogP contribution in [0.25, 0.3) is 0 Å². The van der Waals surface area contributed by atoms with Crippen molar-refractivity contribution >= 4 is 6.03 Å². The van der Waals surface area contributed by atoms with Gasteiger partial charge in [-0.3, -0.25) is 0 Å². The summed E-state index contributed by atoms with van der Waals surface area (Å²) in [6.45, 7) is 7.62. The third-order valence-corrected chi connectivity index (χ3v) is 4.25. The molecule has 0 saturated carbocycles. The number of benzene rings is 1. The molecule has 1 aliphatic rings. The normalized spacial score (nSPS) is 17.2. The zero-order valence-corrected chi connectivity index (χ0v) is 14.3. The van der Waals surface area contributed by atoms with Crippen molar-refractivity contribution in [2.75, 3.05) is 19.7 Å². The maximum absolute atomic E-state index is 12.3. The third kappa shape index (κ3) is 5.13. The number of ether oxygens (including phenoxy) is 1. The highest BCUT2D eigenvalue weighted by Crippen LogP contribution is 2.20. The first-order valence-electron chi connectivity index (χ1n) is 8.42. The summed E-state index contributed by atoms with van der Waals surface area (Å²) < 4.78 is 5.63. The van der Waals surface area contributed by atoms with Gasteiger partial charge in [0, 0.05) is 19.7 Å². The Morgan fingerprint density at radius 1 is 1.26 bits per heavy atom. The van der Waals surface area contributed by atoms with Gasteiger partial charge in [-0.1, -0.05) is 12.1 Å². The van der Waals surface area contributed by atoms with E-state index in [0.717, 1.165) is 24.2 Å². The standard InChI is InChI=1S/C18H28N2O3/c1-13(2)23-17-6-4-16(5-7-17)14(3)19-18(22)20-10-8-15(12-21)9-11-20/h4-7,13-15,21H,8-12H2,1-3H3,(H,19,22). The number of carbonyl (C=O) groups excluding carboxylic acids is 1. The number of nitrogens with zero attached hydrogens (tertiary/aromatic N) is 1. The Morgan fingerprint density at radius 2 is 1.87 bits per heavy atom. The topological polar surface area (TPSA) is 61.8 Å². The first-order valence-corrected chi connectivity index (χ1v) is 8.42. The first kappa shape index (κ1) is 17.6. The SMILES string of the molecule is CC(C)Oc1ccc(C(C)NC(=O)N2CCC(CO)CC2)cc1. The summed E-state index contributed by atoms with van der Waals surface area (Å²) in [4.78, 5) is 14.1. The molecule has 5 nitrogen and oxygen atoms in total. The molecule has 2 N–H and O–H groups in total. The molecule has 0 radical (unpaired) electrons. The lowest BCUT2D eigenvalue weighted by molar-refractivity contribution is 0.136. The number of aliphatic hydroxyl groups is 1. The smallest absolute Gasteiger partial charge is 0.317 e. The van der Waals surface area contributed by atoms with Crippen molar-refractivity contribution in [3.05, 3.63) is 29.8 Å². The van der Waals surface area contributed by atoms with Crippen LogP contribution in [0.5, 0.6) is 5.75 Å². The highest BCUT2D eigenvalue weighted by molar-refractivity contribution is 5.74. The molecule has 0 aliphatic carbocycles. The van der Waals surface area contributed by atoms with Gasteiger partial charge in [0.05, 0.1) is 12.1 Å². The van der Waals surface area contributed by atoms with Crippen LogP contribution in [0.4, 0.5) is 4.79 Å². The molecular weight excluding hydrogens is 292 g/mol. The van der Waals surface area contributed by atoms with E-state index < -0.39 is 0 Å². The lowest BCUT2D eigenvalue weighted by Crippen LogP contribution is -2.45. The van der Waals surface area contributed by atoms with Gasteiger partial charge >= 0.3 is 6.03 Å². The van der Waals surface area contributed by atoms with Crippen molar-refractivity contribution in [2.24, 2.45) is 5.92 Å². The summed E-state index contributed by atoms with van der Waals surface area (Å²) in [6.07, 6.45) is 1.90. The number of amides is 2. The fourth-order valence-corrected chi connectivity index (χ4v) is 2.79. The summed E-state index contributed by atoms with van der Waals surface area (Å²) in [5.74, 6) is 1.18. The van der Waals surface area contributed by atoms with Gasteiger partial charge in [0.15, 0.2) is 0 Å². The second kappa shape index (κ2) is 8.20. The molecule has 1 aromatic rings. The van der Waals surface area contributed by atoms with Gasteiger partial charge in [-0.05, 0) is 57.2 Å². The van der Waals surface area contributed by atoms with E-state index in [2.05, 4.69) is 5.32 Å². The summed E-state index contributed by atoms with van der Waals surface area (Å²) in [7, 11) is 0. The Labute approximate surface area is 138 Å². The quantitative estimate of drug-likeness (QED) is 0.877. The van der Waals surface area contributed by atoms with Crippen LogP contribution in [0, 0.1) is 5.92 Å². The van der Waals surface area contributed by atoms with E-state index >= 15 is 0 Å². The number of likely N-dealkylation sites (tertiary alicyclic amines) is 1. The molecule has 5 heteroatoms. The first-order chi connectivity index (χ1) is 11.0. The summed E-state index contributed by atoms with van der Waals surface area (Å²) in [5.41, 5.74) is 1.06. The fraction of sp³-hybridized carbons (Fsp3) is 0.611. The molecule has 1 unspecified atom stereocenters.